The SMILES string of the molecule is COC(=O)c1ccc(NC(=O)c2cnc(-c3ccc(Cl)cc3)[nH]c2=O)cc1. The summed E-state index contributed by atoms with van der Waals surface area (Å²) >= 11 is 5.84. The molecule has 0 spiro atoms. The largest absolute Gasteiger partial charge is 0.465 e. The molecule has 2 aromatic carbocycles. The molecule has 0 unspecified atom stereocenters. The lowest BCUT2D eigenvalue weighted by Crippen LogP contribution is -2.24. The van der Waals surface area contributed by atoms with Crippen LogP contribution in [0.1, 0.15) is 20.7 Å². The molecule has 1 amide bonds. The third-order valence-electron chi connectivity index (χ3n) is 3.73. The summed E-state index contributed by atoms with van der Waals surface area (Å²) in [5, 5.41) is 3.15. The first kappa shape index (κ1) is 18.3. The van der Waals surface area contributed by atoms with E-state index in [4.69, 9.17) is 11.6 Å². The van der Waals surface area contributed by atoms with Gasteiger partial charge in [0, 0.05) is 22.5 Å². The number of amides is 1. The van der Waals surface area contributed by atoms with Crippen LogP contribution >= 0.6 is 11.6 Å². The fourth-order valence-corrected chi connectivity index (χ4v) is 2.44. The van der Waals surface area contributed by atoms with E-state index in [9.17, 15) is 14.4 Å². The fraction of sp³-hybridized carbons (Fsp3) is 0.0526. The predicted octanol–water partition coefficient (Wildman–Crippen LogP) is 3.13. The molecule has 0 aliphatic rings. The number of halogens is 1. The van der Waals surface area contributed by atoms with Crippen LogP contribution < -0.4 is 10.9 Å². The van der Waals surface area contributed by atoms with Crippen molar-refractivity contribution in [2.24, 2.45) is 0 Å². The first-order valence-corrected chi connectivity index (χ1v) is 8.20. The smallest absolute Gasteiger partial charge is 0.337 e. The second kappa shape index (κ2) is 7.84. The van der Waals surface area contributed by atoms with Crippen molar-refractivity contribution in [2.75, 3.05) is 12.4 Å². The van der Waals surface area contributed by atoms with Crippen LogP contribution in [-0.4, -0.2) is 29.0 Å². The molecule has 0 saturated heterocycles. The molecule has 0 saturated carbocycles. The molecule has 1 heterocycles. The molecule has 2 N–H and O–H groups in total. The quantitative estimate of drug-likeness (QED) is 0.674. The van der Waals surface area contributed by atoms with Crippen LogP contribution in [0.2, 0.25) is 5.02 Å². The summed E-state index contributed by atoms with van der Waals surface area (Å²) in [7, 11) is 1.28. The number of H-pyrrole nitrogens is 1. The molecule has 136 valence electrons. The molecule has 0 aliphatic carbocycles. The van der Waals surface area contributed by atoms with Gasteiger partial charge in [0.25, 0.3) is 11.5 Å². The molecule has 0 radical (unpaired) electrons. The van der Waals surface area contributed by atoms with Crippen molar-refractivity contribution in [3.63, 3.8) is 0 Å². The van der Waals surface area contributed by atoms with Crippen LogP contribution in [0.25, 0.3) is 11.4 Å². The lowest BCUT2D eigenvalue weighted by atomic mass is 10.2. The van der Waals surface area contributed by atoms with Crippen LogP contribution in [0, 0.1) is 0 Å². The highest BCUT2D eigenvalue weighted by Crippen LogP contribution is 2.17. The second-order valence-corrected chi connectivity index (χ2v) is 5.94. The van der Waals surface area contributed by atoms with Gasteiger partial charge in [0.1, 0.15) is 11.4 Å². The van der Waals surface area contributed by atoms with Crippen molar-refractivity contribution >= 4 is 29.2 Å². The minimum Gasteiger partial charge on any atom is -0.465 e. The molecule has 8 heteroatoms. The summed E-state index contributed by atoms with van der Waals surface area (Å²) < 4.78 is 4.61. The van der Waals surface area contributed by atoms with E-state index >= 15 is 0 Å². The Balaban J connectivity index is 1.78. The normalized spacial score (nSPS) is 10.3. The number of carbonyl (C=O) groups excluding carboxylic acids is 2. The Morgan fingerprint density at radius 3 is 2.33 bits per heavy atom. The van der Waals surface area contributed by atoms with Gasteiger partial charge in [-0.05, 0) is 48.5 Å². The third kappa shape index (κ3) is 4.21. The Bertz CT molecular complexity index is 1040. The van der Waals surface area contributed by atoms with Gasteiger partial charge < -0.3 is 15.0 Å². The number of aromatic amines is 1. The average Bonchev–Trinajstić information content (AvgIpc) is 2.68. The highest BCUT2D eigenvalue weighted by molar-refractivity contribution is 6.30. The molecule has 3 rings (SSSR count). The molecule has 0 aliphatic heterocycles. The minimum absolute atomic E-state index is 0.134. The van der Waals surface area contributed by atoms with E-state index in [0.717, 1.165) is 0 Å². The van der Waals surface area contributed by atoms with Gasteiger partial charge in [-0.15, -0.1) is 0 Å². The summed E-state index contributed by atoms with van der Waals surface area (Å²) in [5.74, 6) is -0.765. The van der Waals surface area contributed by atoms with E-state index in [1.807, 2.05) is 0 Å². The summed E-state index contributed by atoms with van der Waals surface area (Å²) in [6, 6.07) is 12.9. The Morgan fingerprint density at radius 1 is 1.07 bits per heavy atom. The third-order valence-corrected chi connectivity index (χ3v) is 3.98. The molecule has 7 nitrogen and oxygen atoms in total. The molecule has 1 aromatic heterocycles. The van der Waals surface area contributed by atoms with Gasteiger partial charge in [-0.3, -0.25) is 9.59 Å². The van der Waals surface area contributed by atoms with Gasteiger partial charge in [-0.1, -0.05) is 11.6 Å². The number of carbonyl (C=O) groups is 2. The van der Waals surface area contributed by atoms with Crippen molar-refractivity contribution < 1.29 is 14.3 Å². The Morgan fingerprint density at radius 2 is 1.74 bits per heavy atom. The van der Waals surface area contributed by atoms with Crippen LogP contribution in [-0.2, 0) is 4.74 Å². The van der Waals surface area contributed by atoms with E-state index in [0.29, 0.717) is 27.7 Å². The monoisotopic (exact) mass is 383 g/mol. The number of hydrogen-bond acceptors (Lipinski definition) is 5. The predicted molar refractivity (Wildman–Crippen MR) is 101 cm³/mol. The molecule has 0 fully saturated rings. The van der Waals surface area contributed by atoms with Crippen LogP contribution in [0.3, 0.4) is 0 Å². The highest BCUT2D eigenvalue weighted by atomic mass is 35.5. The average molecular weight is 384 g/mol. The number of methoxy groups -OCH3 is 1. The van der Waals surface area contributed by atoms with E-state index in [2.05, 4.69) is 20.0 Å². The maximum Gasteiger partial charge on any atom is 0.337 e. The Labute approximate surface area is 159 Å². The molecule has 0 bridgehead atoms. The van der Waals surface area contributed by atoms with Gasteiger partial charge >= 0.3 is 5.97 Å². The van der Waals surface area contributed by atoms with E-state index < -0.39 is 17.4 Å². The summed E-state index contributed by atoms with van der Waals surface area (Å²) in [4.78, 5) is 42.7. The number of aromatic nitrogens is 2. The minimum atomic E-state index is -0.614. The van der Waals surface area contributed by atoms with Crippen molar-refractivity contribution in [3.05, 3.63) is 81.2 Å². The number of rotatable bonds is 4. The van der Waals surface area contributed by atoms with Crippen molar-refractivity contribution in [1.82, 2.24) is 9.97 Å². The number of esters is 1. The molecule has 0 atom stereocenters. The highest BCUT2D eigenvalue weighted by Gasteiger charge is 2.13. The second-order valence-electron chi connectivity index (χ2n) is 5.50. The van der Waals surface area contributed by atoms with Crippen LogP contribution in [0.5, 0.6) is 0 Å². The van der Waals surface area contributed by atoms with Crippen molar-refractivity contribution in [2.45, 2.75) is 0 Å². The number of nitrogens with one attached hydrogen (secondary N) is 2. The van der Waals surface area contributed by atoms with Crippen molar-refractivity contribution in [3.8, 4) is 11.4 Å². The number of anilines is 1. The standard InChI is InChI=1S/C19H14ClN3O4/c1-27-19(26)12-4-8-14(9-5-12)22-17(24)15-10-21-16(23-18(15)25)11-2-6-13(20)7-3-11/h2-10H,1H3,(H,22,24)(H,21,23,25). The van der Waals surface area contributed by atoms with Gasteiger partial charge in [0.15, 0.2) is 0 Å². The summed E-state index contributed by atoms with van der Waals surface area (Å²) in [6.45, 7) is 0. The zero-order chi connectivity index (χ0) is 19.4. The van der Waals surface area contributed by atoms with Gasteiger partial charge in [-0.2, -0.15) is 0 Å². The number of nitrogens with zero attached hydrogens (tertiary/aromatic N) is 1. The Hall–Kier alpha value is -3.45. The zero-order valence-electron chi connectivity index (χ0n) is 14.2. The first-order chi connectivity index (χ1) is 13.0. The van der Waals surface area contributed by atoms with Crippen LogP contribution in [0.15, 0.2) is 59.5 Å². The molecular weight excluding hydrogens is 370 g/mol. The van der Waals surface area contributed by atoms with Gasteiger partial charge in [-0.25, -0.2) is 9.78 Å². The number of benzene rings is 2. The van der Waals surface area contributed by atoms with E-state index in [1.54, 1.807) is 24.3 Å². The van der Waals surface area contributed by atoms with Crippen molar-refractivity contribution in [1.29, 1.82) is 0 Å². The lowest BCUT2D eigenvalue weighted by molar-refractivity contribution is 0.0600. The lowest BCUT2D eigenvalue weighted by Gasteiger charge is -2.06. The van der Waals surface area contributed by atoms with E-state index in [1.165, 1.54) is 37.6 Å². The number of hydrogen-bond donors (Lipinski definition) is 2. The molecule has 27 heavy (non-hydrogen) atoms. The van der Waals surface area contributed by atoms with E-state index in [-0.39, 0.29) is 5.56 Å². The summed E-state index contributed by atoms with van der Waals surface area (Å²) in [5.41, 5.74) is 0.737. The number of ether oxygens (including phenoxy) is 1. The zero-order valence-corrected chi connectivity index (χ0v) is 14.9. The molecule has 3 aromatic rings. The Kier molecular flexibility index (Phi) is 5.33. The maximum atomic E-state index is 12.3. The van der Waals surface area contributed by atoms with Crippen LogP contribution in [0.4, 0.5) is 5.69 Å². The fourth-order valence-electron chi connectivity index (χ4n) is 2.32. The molecular formula is C19H14ClN3O4. The first-order valence-electron chi connectivity index (χ1n) is 7.83. The maximum absolute atomic E-state index is 12.3. The van der Waals surface area contributed by atoms with Gasteiger partial charge in [0.2, 0.25) is 0 Å². The van der Waals surface area contributed by atoms with Gasteiger partial charge in [0.05, 0.1) is 12.7 Å². The topological polar surface area (TPSA) is 101 Å². The summed E-state index contributed by atoms with van der Waals surface area (Å²) in [6.07, 6.45) is 1.21.